The standard InChI is InChI=1S/C18H17N3O2/c1-13-6-5-9-15(12-13)19-16(22)10-11-17-20-21-18(23-17)14-7-3-2-4-8-14/h2-9,12H,10-11H2,1H3,(H,19,22). The van der Waals surface area contributed by atoms with E-state index in [1.165, 1.54) is 0 Å². The highest BCUT2D eigenvalue weighted by atomic mass is 16.4. The predicted octanol–water partition coefficient (Wildman–Crippen LogP) is 3.62. The lowest BCUT2D eigenvalue weighted by molar-refractivity contribution is -0.116. The topological polar surface area (TPSA) is 68.0 Å². The molecule has 0 unspecified atom stereocenters. The molecule has 116 valence electrons. The second kappa shape index (κ2) is 6.87. The van der Waals surface area contributed by atoms with Crippen LogP contribution in [0, 0.1) is 6.92 Å². The molecule has 1 heterocycles. The first kappa shape index (κ1) is 15.0. The third kappa shape index (κ3) is 4.03. The van der Waals surface area contributed by atoms with E-state index in [9.17, 15) is 4.79 Å². The first-order chi connectivity index (χ1) is 11.2. The molecule has 23 heavy (non-hydrogen) atoms. The average Bonchev–Trinajstić information content (AvgIpc) is 3.03. The maximum atomic E-state index is 12.0. The number of aromatic nitrogens is 2. The number of carbonyl (C=O) groups excluding carboxylic acids is 1. The average molecular weight is 307 g/mol. The highest BCUT2D eigenvalue weighted by Gasteiger charge is 2.10. The summed E-state index contributed by atoms with van der Waals surface area (Å²) >= 11 is 0. The molecule has 0 radical (unpaired) electrons. The van der Waals surface area contributed by atoms with Crippen molar-refractivity contribution in [3.63, 3.8) is 0 Å². The fraction of sp³-hybridized carbons (Fsp3) is 0.167. The van der Waals surface area contributed by atoms with Gasteiger partial charge in [0, 0.05) is 24.1 Å². The summed E-state index contributed by atoms with van der Waals surface area (Å²) in [6, 6.07) is 17.3. The third-order valence-electron chi connectivity index (χ3n) is 3.36. The summed E-state index contributed by atoms with van der Waals surface area (Å²) in [6.45, 7) is 1.99. The van der Waals surface area contributed by atoms with Gasteiger partial charge in [-0.05, 0) is 36.8 Å². The van der Waals surface area contributed by atoms with Gasteiger partial charge in [-0.1, -0.05) is 30.3 Å². The molecule has 2 aromatic carbocycles. The Morgan fingerprint density at radius 1 is 1.09 bits per heavy atom. The minimum atomic E-state index is -0.0740. The van der Waals surface area contributed by atoms with Crippen LogP contribution in [-0.2, 0) is 11.2 Å². The van der Waals surface area contributed by atoms with Gasteiger partial charge in [0.2, 0.25) is 17.7 Å². The summed E-state index contributed by atoms with van der Waals surface area (Å²) in [5.41, 5.74) is 2.77. The van der Waals surface area contributed by atoms with E-state index in [1.54, 1.807) is 0 Å². The zero-order valence-corrected chi connectivity index (χ0v) is 12.8. The van der Waals surface area contributed by atoms with E-state index in [1.807, 2.05) is 61.5 Å². The van der Waals surface area contributed by atoms with Crippen molar-refractivity contribution in [2.75, 3.05) is 5.32 Å². The van der Waals surface area contributed by atoms with Crippen LogP contribution >= 0.6 is 0 Å². The predicted molar refractivity (Wildman–Crippen MR) is 87.9 cm³/mol. The molecule has 0 bridgehead atoms. The fourth-order valence-electron chi connectivity index (χ4n) is 2.22. The van der Waals surface area contributed by atoms with Crippen LogP contribution in [0.25, 0.3) is 11.5 Å². The zero-order valence-electron chi connectivity index (χ0n) is 12.8. The summed E-state index contributed by atoms with van der Waals surface area (Å²) in [5, 5.41) is 10.9. The van der Waals surface area contributed by atoms with E-state index < -0.39 is 0 Å². The van der Waals surface area contributed by atoms with Crippen molar-refractivity contribution in [3.05, 3.63) is 66.1 Å². The zero-order chi connectivity index (χ0) is 16.1. The fourth-order valence-corrected chi connectivity index (χ4v) is 2.22. The minimum Gasteiger partial charge on any atom is -0.421 e. The van der Waals surface area contributed by atoms with Crippen LogP contribution in [0.3, 0.4) is 0 Å². The molecule has 5 nitrogen and oxygen atoms in total. The lowest BCUT2D eigenvalue weighted by Gasteiger charge is -2.04. The van der Waals surface area contributed by atoms with Crippen molar-refractivity contribution in [1.29, 1.82) is 0 Å². The Morgan fingerprint density at radius 2 is 1.91 bits per heavy atom. The summed E-state index contributed by atoms with van der Waals surface area (Å²) in [7, 11) is 0. The minimum absolute atomic E-state index is 0.0740. The maximum absolute atomic E-state index is 12.0. The second-order valence-electron chi connectivity index (χ2n) is 5.28. The van der Waals surface area contributed by atoms with Crippen LogP contribution in [0.1, 0.15) is 17.9 Å². The Kier molecular flexibility index (Phi) is 4.47. The van der Waals surface area contributed by atoms with E-state index in [2.05, 4.69) is 15.5 Å². The van der Waals surface area contributed by atoms with E-state index in [4.69, 9.17) is 4.42 Å². The number of aryl methyl sites for hydroxylation is 2. The lowest BCUT2D eigenvalue weighted by atomic mass is 10.2. The Morgan fingerprint density at radius 3 is 2.70 bits per heavy atom. The van der Waals surface area contributed by atoms with Crippen molar-refractivity contribution in [2.45, 2.75) is 19.8 Å². The summed E-state index contributed by atoms with van der Waals surface area (Å²) in [4.78, 5) is 12.0. The van der Waals surface area contributed by atoms with Gasteiger partial charge in [-0.15, -0.1) is 10.2 Å². The van der Waals surface area contributed by atoms with Crippen LogP contribution in [-0.4, -0.2) is 16.1 Å². The van der Waals surface area contributed by atoms with Crippen LogP contribution in [0.5, 0.6) is 0 Å². The van der Waals surface area contributed by atoms with Crippen LogP contribution in [0.15, 0.2) is 59.0 Å². The van der Waals surface area contributed by atoms with Crippen LogP contribution < -0.4 is 5.32 Å². The van der Waals surface area contributed by atoms with Gasteiger partial charge in [-0.3, -0.25) is 4.79 Å². The molecular formula is C18H17N3O2. The molecule has 0 saturated carbocycles. The SMILES string of the molecule is Cc1cccc(NC(=O)CCc2nnc(-c3ccccc3)o2)c1. The van der Waals surface area contributed by atoms with Crippen LogP contribution in [0.4, 0.5) is 5.69 Å². The number of amides is 1. The van der Waals surface area contributed by atoms with Crippen molar-refractivity contribution < 1.29 is 9.21 Å². The molecular weight excluding hydrogens is 290 g/mol. The number of rotatable bonds is 5. The largest absolute Gasteiger partial charge is 0.421 e. The molecule has 3 rings (SSSR count). The molecule has 1 amide bonds. The normalized spacial score (nSPS) is 10.5. The van der Waals surface area contributed by atoms with Gasteiger partial charge in [0.25, 0.3) is 0 Å². The van der Waals surface area contributed by atoms with Crippen molar-refractivity contribution in [2.24, 2.45) is 0 Å². The highest BCUT2D eigenvalue weighted by molar-refractivity contribution is 5.90. The van der Waals surface area contributed by atoms with Gasteiger partial charge in [0.15, 0.2) is 0 Å². The van der Waals surface area contributed by atoms with E-state index in [0.717, 1.165) is 16.8 Å². The number of nitrogens with zero attached hydrogens (tertiary/aromatic N) is 2. The highest BCUT2D eigenvalue weighted by Crippen LogP contribution is 2.17. The van der Waals surface area contributed by atoms with Crippen molar-refractivity contribution in [3.8, 4) is 11.5 Å². The quantitative estimate of drug-likeness (QED) is 0.781. The van der Waals surface area contributed by atoms with Gasteiger partial charge in [-0.25, -0.2) is 0 Å². The number of nitrogens with one attached hydrogen (secondary N) is 1. The van der Waals surface area contributed by atoms with Crippen LogP contribution in [0.2, 0.25) is 0 Å². The lowest BCUT2D eigenvalue weighted by Crippen LogP contribution is -2.12. The van der Waals surface area contributed by atoms with E-state index in [-0.39, 0.29) is 5.91 Å². The molecule has 0 aliphatic rings. The Balaban J connectivity index is 1.56. The number of anilines is 1. The van der Waals surface area contributed by atoms with Crippen molar-refractivity contribution >= 4 is 11.6 Å². The second-order valence-corrected chi connectivity index (χ2v) is 5.28. The van der Waals surface area contributed by atoms with Gasteiger partial charge < -0.3 is 9.73 Å². The number of hydrogen-bond donors (Lipinski definition) is 1. The molecule has 3 aromatic rings. The van der Waals surface area contributed by atoms with Gasteiger partial charge in [-0.2, -0.15) is 0 Å². The molecule has 0 aliphatic heterocycles. The molecule has 1 N–H and O–H groups in total. The van der Waals surface area contributed by atoms with E-state index in [0.29, 0.717) is 24.6 Å². The van der Waals surface area contributed by atoms with Gasteiger partial charge in [0.1, 0.15) is 0 Å². The first-order valence-electron chi connectivity index (χ1n) is 7.45. The number of carbonyl (C=O) groups is 1. The molecule has 0 fully saturated rings. The number of benzene rings is 2. The first-order valence-corrected chi connectivity index (χ1v) is 7.45. The smallest absolute Gasteiger partial charge is 0.247 e. The van der Waals surface area contributed by atoms with Gasteiger partial charge in [0.05, 0.1) is 0 Å². The van der Waals surface area contributed by atoms with Gasteiger partial charge >= 0.3 is 0 Å². The number of hydrogen-bond acceptors (Lipinski definition) is 4. The molecule has 0 atom stereocenters. The Bertz CT molecular complexity index is 797. The molecule has 0 saturated heterocycles. The van der Waals surface area contributed by atoms with Crippen molar-refractivity contribution in [1.82, 2.24) is 10.2 Å². The Labute approximate surface area is 134 Å². The summed E-state index contributed by atoms with van der Waals surface area (Å²) in [6.07, 6.45) is 0.710. The third-order valence-corrected chi connectivity index (χ3v) is 3.36. The molecule has 0 spiro atoms. The molecule has 1 aromatic heterocycles. The molecule has 0 aliphatic carbocycles. The summed E-state index contributed by atoms with van der Waals surface area (Å²) in [5.74, 6) is 0.859. The molecule has 5 heteroatoms. The Hall–Kier alpha value is -2.95. The monoisotopic (exact) mass is 307 g/mol. The van der Waals surface area contributed by atoms with E-state index >= 15 is 0 Å². The maximum Gasteiger partial charge on any atom is 0.247 e. The summed E-state index contributed by atoms with van der Waals surface area (Å²) < 4.78 is 5.59.